The van der Waals surface area contributed by atoms with Gasteiger partial charge in [0.2, 0.25) is 0 Å². The molecule has 144 valence electrons. The van der Waals surface area contributed by atoms with Crippen molar-refractivity contribution < 1.29 is 24.1 Å². The number of rotatable bonds is 4. The summed E-state index contributed by atoms with van der Waals surface area (Å²) in [6.07, 6.45) is -3.45. The topological polar surface area (TPSA) is 129 Å². The summed E-state index contributed by atoms with van der Waals surface area (Å²) < 4.78 is 17.3. The first-order chi connectivity index (χ1) is 13.0. The van der Waals surface area contributed by atoms with E-state index in [1.807, 2.05) is 30.3 Å². The molecule has 0 radical (unpaired) electrons. The van der Waals surface area contributed by atoms with Crippen molar-refractivity contribution in [2.24, 2.45) is 10.1 Å². The second kappa shape index (κ2) is 8.47. The third-order valence-corrected chi connectivity index (χ3v) is 4.29. The van der Waals surface area contributed by atoms with Gasteiger partial charge in [-0.1, -0.05) is 35.4 Å². The van der Waals surface area contributed by atoms with Crippen molar-refractivity contribution in [2.75, 3.05) is 20.7 Å². The largest absolute Gasteiger partial charge is 0.389 e. The summed E-state index contributed by atoms with van der Waals surface area (Å²) in [7, 11) is 3.42. The summed E-state index contributed by atoms with van der Waals surface area (Å²) in [4.78, 5) is 20.4. The number of azide groups is 1. The first kappa shape index (κ1) is 19.3. The second-order valence-corrected chi connectivity index (χ2v) is 6.50. The van der Waals surface area contributed by atoms with Crippen molar-refractivity contribution in [1.82, 2.24) is 4.90 Å². The van der Waals surface area contributed by atoms with Crippen LogP contribution in [0.25, 0.3) is 10.4 Å². The van der Waals surface area contributed by atoms with Gasteiger partial charge in [-0.2, -0.15) is 0 Å². The highest BCUT2D eigenvalue weighted by atomic mass is 16.7. The van der Waals surface area contributed by atoms with E-state index in [1.165, 1.54) is 6.34 Å². The molecule has 0 spiro atoms. The van der Waals surface area contributed by atoms with E-state index >= 15 is 0 Å². The minimum atomic E-state index is -1.39. The Labute approximate surface area is 156 Å². The number of nitrogens with zero attached hydrogens (tertiary/aromatic N) is 5. The minimum absolute atomic E-state index is 0.121. The third-order valence-electron chi connectivity index (χ3n) is 4.29. The molecule has 1 unspecified atom stereocenters. The molecular weight excluding hydrogens is 354 g/mol. The molecule has 2 aliphatic heterocycles. The maximum Gasteiger partial charge on any atom is 0.278 e. The molecule has 0 bridgehead atoms. The fourth-order valence-electron chi connectivity index (χ4n) is 3.03. The van der Waals surface area contributed by atoms with E-state index in [4.69, 9.17) is 19.7 Å². The van der Waals surface area contributed by atoms with Gasteiger partial charge in [0, 0.05) is 24.6 Å². The molecule has 0 aromatic heterocycles. The summed E-state index contributed by atoms with van der Waals surface area (Å²) in [6.45, 7) is 0.121. The van der Waals surface area contributed by atoms with E-state index in [1.54, 1.807) is 19.0 Å². The molecule has 1 amide bonds. The lowest BCUT2D eigenvalue weighted by Crippen LogP contribution is -2.62. The smallest absolute Gasteiger partial charge is 0.278 e. The monoisotopic (exact) mass is 375 g/mol. The van der Waals surface area contributed by atoms with Crippen LogP contribution < -0.4 is 0 Å². The van der Waals surface area contributed by atoms with Gasteiger partial charge < -0.3 is 24.2 Å². The molecule has 1 aromatic rings. The Balaban J connectivity index is 1.80. The van der Waals surface area contributed by atoms with Crippen molar-refractivity contribution in [3.63, 3.8) is 0 Å². The van der Waals surface area contributed by atoms with Gasteiger partial charge >= 0.3 is 0 Å². The fourth-order valence-corrected chi connectivity index (χ4v) is 3.03. The summed E-state index contributed by atoms with van der Waals surface area (Å²) in [5, 5.41) is 14.2. The van der Waals surface area contributed by atoms with Gasteiger partial charge in [0.15, 0.2) is 12.4 Å². The van der Waals surface area contributed by atoms with Crippen molar-refractivity contribution in [3.8, 4) is 0 Å². The average Bonchev–Trinajstić information content (AvgIpc) is 2.68. The van der Waals surface area contributed by atoms with E-state index in [-0.39, 0.29) is 6.61 Å². The van der Waals surface area contributed by atoms with Gasteiger partial charge in [-0.05, 0) is 5.53 Å². The molecule has 0 saturated carbocycles. The molecule has 27 heavy (non-hydrogen) atoms. The zero-order valence-electron chi connectivity index (χ0n) is 15.0. The number of benzene rings is 1. The Kier molecular flexibility index (Phi) is 6.04. The van der Waals surface area contributed by atoms with Crippen molar-refractivity contribution in [1.29, 1.82) is 0 Å². The van der Waals surface area contributed by atoms with Gasteiger partial charge in [0.25, 0.3) is 5.91 Å². The highest BCUT2D eigenvalue weighted by Gasteiger charge is 2.51. The Morgan fingerprint density at radius 1 is 1.33 bits per heavy atom. The molecule has 2 fully saturated rings. The quantitative estimate of drug-likeness (QED) is 0.275. The van der Waals surface area contributed by atoms with Crippen LogP contribution in [-0.4, -0.2) is 73.4 Å². The zero-order chi connectivity index (χ0) is 19.4. The van der Waals surface area contributed by atoms with Gasteiger partial charge in [0.1, 0.15) is 18.3 Å². The summed E-state index contributed by atoms with van der Waals surface area (Å²) >= 11 is 0. The van der Waals surface area contributed by atoms with Gasteiger partial charge in [-0.25, -0.2) is 4.99 Å². The number of hydrogen-bond acceptors (Lipinski definition) is 6. The summed E-state index contributed by atoms with van der Waals surface area (Å²) in [5.41, 5.74) is 9.70. The van der Waals surface area contributed by atoms with E-state index < -0.39 is 42.7 Å². The Morgan fingerprint density at radius 2 is 2.07 bits per heavy atom. The molecule has 1 N–H and O–H groups in total. The normalized spacial score (nSPS) is 33.1. The minimum Gasteiger partial charge on any atom is -0.389 e. The van der Waals surface area contributed by atoms with Crippen molar-refractivity contribution >= 4 is 12.2 Å². The van der Waals surface area contributed by atoms with Crippen LogP contribution in [0.2, 0.25) is 0 Å². The molecule has 10 nitrogen and oxygen atoms in total. The highest BCUT2D eigenvalue weighted by Crippen LogP contribution is 2.35. The van der Waals surface area contributed by atoms with E-state index in [9.17, 15) is 9.90 Å². The van der Waals surface area contributed by atoms with Crippen LogP contribution in [-0.2, 0) is 19.0 Å². The standard InChI is InChI=1S/C17H21N5O5/c1-22(2)9-19-16(24)15-13(23)12(20-21-18)14-11(26-15)8-25-17(27-14)10-6-4-3-5-7-10/h3-7,9,11-15,17,23H,8H2,1-2H3/b19-9+/t11-,12-,13-,14+,15-,17?/m1/s1. The van der Waals surface area contributed by atoms with Gasteiger partial charge in [-0.15, -0.1) is 0 Å². The number of ether oxygens (including phenoxy) is 3. The third kappa shape index (κ3) is 4.26. The molecule has 2 saturated heterocycles. The molecule has 3 rings (SSSR count). The first-order valence-electron chi connectivity index (χ1n) is 8.45. The van der Waals surface area contributed by atoms with Gasteiger partial charge in [0.05, 0.1) is 19.0 Å². The number of aliphatic imine (C=N–C) groups is 1. The van der Waals surface area contributed by atoms with Gasteiger partial charge in [-0.3, -0.25) is 4.79 Å². The number of amides is 1. The van der Waals surface area contributed by atoms with Crippen molar-refractivity contribution in [2.45, 2.75) is 36.7 Å². The SMILES string of the molecule is CN(C)/C=N/C(=O)[C@@H]1O[C@@H]2COC(c3ccccc3)O[C@@H]2[C@H](N=[N+]=[N-])[C@H]1O. The van der Waals surface area contributed by atoms with Crippen LogP contribution >= 0.6 is 0 Å². The maximum atomic E-state index is 12.3. The Morgan fingerprint density at radius 3 is 2.74 bits per heavy atom. The van der Waals surface area contributed by atoms with E-state index in [0.29, 0.717) is 0 Å². The summed E-state index contributed by atoms with van der Waals surface area (Å²) in [6, 6.07) is 8.25. The van der Waals surface area contributed by atoms with Crippen molar-refractivity contribution in [3.05, 3.63) is 46.3 Å². The summed E-state index contributed by atoms with van der Waals surface area (Å²) in [5.74, 6) is -0.669. The molecule has 2 heterocycles. The van der Waals surface area contributed by atoms with Crippen LogP contribution in [0.3, 0.4) is 0 Å². The number of aliphatic hydroxyl groups excluding tert-OH is 1. The number of carbonyl (C=O) groups is 1. The van der Waals surface area contributed by atoms with Crippen LogP contribution in [0.15, 0.2) is 40.4 Å². The average molecular weight is 375 g/mol. The number of hydrogen-bond donors (Lipinski definition) is 1. The molecule has 6 atom stereocenters. The van der Waals surface area contributed by atoms with Crippen LogP contribution in [0.5, 0.6) is 0 Å². The Hall–Kier alpha value is -2.49. The number of carbonyl (C=O) groups excluding carboxylic acids is 1. The second-order valence-electron chi connectivity index (χ2n) is 6.50. The predicted octanol–water partition coefficient (Wildman–Crippen LogP) is 1.02. The first-order valence-corrected chi connectivity index (χ1v) is 8.45. The lowest BCUT2D eigenvalue weighted by atomic mass is 9.92. The highest BCUT2D eigenvalue weighted by molar-refractivity contribution is 5.88. The fraction of sp³-hybridized carbons (Fsp3) is 0.529. The lowest BCUT2D eigenvalue weighted by molar-refractivity contribution is -0.302. The molecule has 2 aliphatic rings. The van der Waals surface area contributed by atoms with E-state index in [0.717, 1.165) is 5.56 Å². The van der Waals surface area contributed by atoms with E-state index in [2.05, 4.69) is 15.0 Å². The van der Waals surface area contributed by atoms with Crippen LogP contribution in [0, 0.1) is 0 Å². The van der Waals surface area contributed by atoms with Crippen LogP contribution in [0.4, 0.5) is 0 Å². The number of fused-ring (bicyclic) bond motifs is 1. The molecule has 1 aromatic carbocycles. The number of aliphatic hydroxyl groups is 1. The Bertz CT molecular complexity index is 736. The molecule has 10 heteroatoms. The molecule has 0 aliphatic carbocycles. The zero-order valence-corrected chi connectivity index (χ0v) is 15.0. The predicted molar refractivity (Wildman–Crippen MR) is 94.8 cm³/mol. The maximum absolute atomic E-state index is 12.3. The molecular formula is C17H21N5O5. The lowest BCUT2D eigenvalue weighted by Gasteiger charge is -2.46. The van der Waals surface area contributed by atoms with Crippen LogP contribution in [0.1, 0.15) is 11.9 Å².